The van der Waals surface area contributed by atoms with Gasteiger partial charge in [-0.3, -0.25) is 0 Å². The first-order valence-corrected chi connectivity index (χ1v) is 11.2. The predicted octanol–water partition coefficient (Wildman–Crippen LogP) is 5.26. The molecule has 0 saturated carbocycles. The molecule has 19 heavy (non-hydrogen) atoms. The van der Waals surface area contributed by atoms with E-state index in [0.29, 0.717) is 0 Å². The van der Waals surface area contributed by atoms with Gasteiger partial charge in [-0.05, 0) is 51.2 Å². The average molecular weight is 285 g/mol. The Labute approximate surface area is 120 Å². The van der Waals surface area contributed by atoms with Crippen molar-refractivity contribution >= 4 is 8.32 Å². The van der Waals surface area contributed by atoms with Crippen LogP contribution in [0, 0.1) is 0 Å². The van der Waals surface area contributed by atoms with Gasteiger partial charge in [-0.25, -0.2) is 0 Å². The lowest BCUT2D eigenvalue weighted by atomic mass is 10.1. The molecule has 3 heteroatoms. The van der Waals surface area contributed by atoms with Crippen LogP contribution in [0.5, 0.6) is 0 Å². The molecular formula is C16H32O2Si. The number of unbranched alkanes of at least 4 members (excludes halogenated alkanes) is 4. The zero-order valence-electron chi connectivity index (χ0n) is 13.1. The van der Waals surface area contributed by atoms with Crippen molar-refractivity contribution in [3.63, 3.8) is 0 Å². The third kappa shape index (κ3) is 8.61. The highest BCUT2D eigenvalue weighted by Crippen LogP contribution is 2.21. The second-order valence-electron chi connectivity index (χ2n) is 6.20. The van der Waals surface area contributed by atoms with Crippen molar-refractivity contribution in [3.05, 3.63) is 12.2 Å². The number of ether oxygens (including phenoxy) is 1. The summed E-state index contributed by atoms with van der Waals surface area (Å²) in [5.74, 6) is 0. The lowest BCUT2D eigenvalue weighted by Crippen LogP contribution is -2.37. The van der Waals surface area contributed by atoms with Crippen LogP contribution in [0.4, 0.5) is 0 Å². The van der Waals surface area contributed by atoms with Gasteiger partial charge in [0.15, 0.2) is 8.32 Å². The Morgan fingerprint density at radius 2 is 2.00 bits per heavy atom. The van der Waals surface area contributed by atoms with Crippen molar-refractivity contribution in [3.8, 4) is 0 Å². The maximum Gasteiger partial charge on any atom is 0.193 e. The molecule has 0 bridgehead atoms. The maximum absolute atomic E-state index is 6.19. The van der Waals surface area contributed by atoms with Crippen LogP contribution in [-0.4, -0.2) is 21.2 Å². The predicted molar refractivity (Wildman–Crippen MR) is 84.9 cm³/mol. The van der Waals surface area contributed by atoms with Gasteiger partial charge in [0.25, 0.3) is 0 Å². The molecule has 1 heterocycles. The molecule has 0 aromatic rings. The van der Waals surface area contributed by atoms with E-state index in [1.165, 1.54) is 44.9 Å². The van der Waals surface area contributed by atoms with E-state index in [1.54, 1.807) is 0 Å². The standard InChI is InChI=1S/C16H32O2Si/c1-4-5-6-7-8-9-12-15-19(2,3)18-16-13-10-11-14-17-16/h9,12,16H,4-8,10-11,13-15H2,1-3H3/b12-9+. The van der Waals surface area contributed by atoms with Crippen molar-refractivity contribution in [2.24, 2.45) is 0 Å². The molecule has 1 saturated heterocycles. The molecule has 0 spiro atoms. The molecule has 1 fully saturated rings. The van der Waals surface area contributed by atoms with Gasteiger partial charge in [0, 0.05) is 6.61 Å². The highest BCUT2D eigenvalue weighted by Gasteiger charge is 2.26. The van der Waals surface area contributed by atoms with Gasteiger partial charge in [0.1, 0.15) is 6.29 Å². The van der Waals surface area contributed by atoms with Gasteiger partial charge in [-0.15, -0.1) is 0 Å². The SMILES string of the molecule is CCCCCC/C=C/C[Si](C)(C)OC1CCCCO1. The van der Waals surface area contributed by atoms with Crippen LogP contribution >= 0.6 is 0 Å². The molecule has 1 rings (SSSR count). The first-order chi connectivity index (χ1) is 9.14. The van der Waals surface area contributed by atoms with E-state index in [4.69, 9.17) is 9.16 Å². The summed E-state index contributed by atoms with van der Waals surface area (Å²) in [5, 5.41) is 0. The Bertz CT molecular complexity index is 245. The number of allylic oxidation sites excluding steroid dienone is 2. The molecule has 0 aliphatic carbocycles. The number of hydrogen-bond acceptors (Lipinski definition) is 2. The first kappa shape index (κ1) is 16.9. The normalized spacial score (nSPS) is 21.1. The lowest BCUT2D eigenvalue weighted by molar-refractivity contribution is -0.111. The van der Waals surface area contributed by atoms with Gasteiger partial charge in [-0.2, -0.15) is 0 Å². The fraction of sp³-hybridized carbons (Fsp3) is 0.875. The summed E-state index contributed by atoms with van der Waals surface area (Å²) in [6.45, 7) is 7.73. The van der Waals surface area contributed by atoms with Crippen molar-refractivity contribution in [2.75, 3.05) is 6.61 Å². The second kappa shape index (κ2) is 9.73. The summed E-state index contributed by atoms with van der Waals surface area (Å²) >= 11 is 0. The summed E-state index contributed by atoms with van der Waals surface area (Å²) in [7, 11) is -1.58. The molecule has 2 nitrogen and oxygen atoms in total. The Morgan fingerprint density at radius 1 is 1.16 bits per heavy atom. The monoisotopic (exact) mass is 284 g/mol. The van der Waals surface area contributed by atoms with E-state index in [-0.39, 0.29) is 6.29 Å². The lowest BCUT2D eigenvalue weighted by Gasteiger charge is -2.31. The minimum Gasteiger partial charge on any atom is -0.392 e. The van der Waals surface area contributed by atoms with E-state index in [2.05, 4.69) is 32.2 Å². The fourth-order valence-corrected chi connectivity index (χ4v) is 4.11. The van der Waals surface area contributed by atoms with Gasteiger partial charge in [0.2, 0.25) is 0 Å². The van der Waals surface area contributed by atoms with Crippen molar-refractivity contribution in [2.45, 2.75) is 83.7 Å². The topological polar surface area (TPSA) is 18.5 Å². The zero-order chi connectivity index (χ0) is 14.0. The van der Waals surface area contributed by atoms with Crippen LogP contribution in [0.15, 0.2) is 12.2 Å². The minimum atomic E-state index is -1.58. The van der Waals surface area contributed by atoms with Crippen LogP contribution in [0.25, 0.3) is 0 Å². The third-order valence-corrected chi connectivity index (χ3v) is 5.71. The Balaban J connectivity index is 2.12. The van der Waals surface area contributed by atoms with E-state index in [1.807, 2.05) is 0 Å². The highest BCUT2D eigenvalue weighted by atomic mass is 28.4. The summed E-state index contributed by atoms with van der Waals surface area (Å²) < 4.78 is 11.9. The van der Waals surface area contributed by atoms with E-state index in [9.17, 15) is 0 Å². The van der Waals surface area contributed by atoms with Crippen molar-refractivity contribution in [1.82, 2.24) is 0 Å². The number of hydrogen-bond donors (Lipinski definition) is 0. The van der Waals surface area contributed by atoms with Crippen molar-refractivity contribution in [1.29, 1.82) is 0 Å². The van der Waals surface area contributed by atoms with Gasteiger partial charge in [0.05, 0.1) is 0 Å². The summed E-state index contributed by atoms with van der Waals surface area (Å²) in [6.07, 6.45) is 14.9. The van der Waals surface area contributed by atoms with Gasteiger partial charge in [-0.1, -0.05) is 38.3 Å². The quantitative estimate of drug-likeness (QED) is 0.326. The molecule has 0 aromatic heterocycles. The zero-order valence-corrected chi connectivity index (χ0v) is 14.1. The second-order valence-corrected chi connectivity index (χ2v) is 10.4. The average Bonchev–Trinajstić information content (AvgIpc) is 2.38. The Hall–Kier alpha value is -0.123. The first-order valence-electron chi connectivity index (χ1n) is 8.08. The van der Waals surface area contributed by atoms with Crippen LogP contribution < -0.4 is 0 Å². The van der Waals surface area contributed by atoms with Gasteiger partial charge >= 0.3 is 0 Å². The molecule has 1 unspecified atom stereocenters. The molecule has 0 radical (unpaired) electrons. The van der Waals surface area contributed by atoms with Crippen LogP contribution in [0.1, 0.15) is 58.3 Å². The van der Waals surface area contributed by atoms with E-state index in [0.717, 1.165) is 19.1 Å². The molecular weight excluding hydrogens is 252 g/mol. The molecule has 0 amide bonds. The minimum absolute atomic E-state index is 0.0772. The smallest absolute Gasteiger partial charge is 0.193 e. The van der Waals surface area contributed by atoms with E-state index >= 15 is 0 Å². The van der Waals surface area contributed by atoms with Crippen LogP contribution in [-0.2, 0) is 9.16 Å². The van der Waals surface area contributed by atoms with Crippen LogP contribution in [0.3, 0.4) is 0 Å². The molecule has 0 N–H and O–H groups in total. The largest absolute Gasteiger partial charge is 0.392 e. The Morgan fingerprint density at radius 3 is 2.68 bits per heavy atom. The van der Waals surface area contributed by atoms with E-state index < -0.39 is 8.32 Å². The molecule has 0 aromatic carbocycles. The highest BCUT2D eigenvalue weighted by molar-refractivity contribution is 6.71. The molecule has 112 valence electrons. The molecule has 1 aliphatic rings. The molecule has 1 aliphatic heterocycles. The van der Waals surface area contributed by atoms with Gasteiger partial charge < -0.3 is 9.16 Å². The number of rotatable bonds is 9. The third-order valence-electron chi connectivity index (χ3n) is 3.59. The Kier molecular flexibility index (Phi) is 8.67. The summed E-state index contributed by atoms with van der Waals surface area (Å²) in [6, 6.07) is 1.11. The fourth-order valence-electron chi connectivity index (χ4n) is 2.38. The summed E-state index contributed by atoms with van der Waals surface area (Å²) in [5.41, 5.74) is 0. The van der Waals surface area contributed by atoms with Crippen LogP contribution in [0.2, 0.25) is 19.1 Å². The maximum atomic E-state index is 6.19. The van der Waals surface area contributed by atoms with Crippen molar-refractivity contribution < 1.29 is 9.16 Å². The summed E-state index contributed by atoms with van der Waals surface area (Å²) in [4.78, 5) is 0. The molecule has 1 atom stereocenters.